The molecule has 1 atom stereocenters. The number of rotatable bonds is 4. The van der Waals surface area contributed by atoms with E-state index < -0.39 is 11.5 Å². The molecule has 0 radical (unpaired) electrons. The van der Waals surface area contributed by atoms with Gasteiger partial charge in [0.2, 0.25) is 0 Å². The van der Waals surface area contributed by atoms with Crippen molar-refractivity contribution in [2.45, 2.75) is 25.3 Å². The zero-order chi connectivity index (χ0) is 9.56. The van der Waals surface area contributed by atoms with E-state index in [0.29, 0.717) is 0 Å². The first-order valence-corrected chi connectivity index (χ1v) is 3.88. The topological polar surface area (TPSA) is 52.6 Å². The summed E-state index contributed by atoms with van der Waals surface area (Å²) < 4.78 is 8.93. The van der Waals surface area contributed by atoms with E-state index >= 15 is 0 Å². The zero-order valence-corrected chi connectivity index (χ0v) is 7.76. The molecule has 0 spiro atoms. The molecule has 0 N–H and O–H groups in total. The van der Waals surface area contributed by atoms with E-state index in [9.17, 15) is 9.59 Å². The molecule has 0 amide bonds. The van der Waals surface area contributed by atoms with Crippen molar-refractivity contribution < 1.29 is 19.1 Å². The van der Waals surface area contributed by atoms with Crippen molar-refractivity contribution in [3.63, 3.8) is 0 Å². The quantitative estimate of drug-likeness (QED) is 0.496. The number of alkyl halides is 1. The summed E-state index contributed by atoms with van der Waals surface area (Å²) in [7, 11) is 1.29. The Morgan fingerprint density at radius 2 is 2.08 bits per heavy atom. The maximum absolute atomic E-state index is 10.6. The molecule has 0 aromatic heterocycles. The fourth-order valence-corrected chi connectivity index (χ4v) is 0.807. The van der Waals surface area contributed by atoms with Crippen molar-refractivity contribution in [3.05, 3.63) is 0 Å². The van der Waals surface area contributed by atoms with Gasteiger partial charge in [-0.05, 0) is 0 Å². The first kappa shape index (κ1) is 11.2. The summed E-state index contributed by atoms with van der Waals surface area (Å²) in [4.78, 5) is 20.9. The number of carbonyl (C=O) groups excluding carboxylic acids is 2. The van der Waals surface area contributed by atoms with Crippen LogP contribution < -0.4 is 0 Å². The molecule has 0 bridgehead atoms. The van der Waals surface area contributed by atoms with Crippen molar-refractivity contribution >= 4 is 23.5 Å². The van der Waals surface area contributed by atoms with E-state index in [1.807, 2.05) is 0 Å². The van der Waals surface area contributed by atoms with Crippen molar-refractivity contribution in [1.82, 2.24) is 0 Å². The molecule has 0 saturated heterocycles. The van der Waals surface area contributed by atoms with E-state index in [1.54, 1.807) is 0 Å². The Kier molecular flexibility index (Phi) is 5.45. The van der Waals surface area contributed by atoms with Gasteiger partial charge in [-0.1, -0.05) is 11.6 Å². The van der Waals surface area contributed by atoms with E-state index in [4.69, 9.17) is 11.6 Å². The van der Waals surface area contributed by atoms with Crippen LogP contribution in [-0.2, 0) is 19.1 Å². The van der Waals surface area contributed by atoms with Gasteiger partial charge in [0, 0.05) is 13.3 Å². The van der Waals surface area contributed by atoms with Crippen LogP contribution in [0.4, 0.5) is 0 Å². The molecule has 0 aromatic carbocycles. The van der Waals surface area contributed by atoms with Crippen LogP contribution in [0, 0.1) is 0 Å². The van der Waals surface area contributed by atoms with E-state index in [-0.39, 0.29) is 18.8 Å². The maximum Gasteiger partial charge on any atom is 0.305 e. The lowest BCUT2D eigenvalue weighted by molar-refractivity contribution is -0.146. The number of hydrogen-bond acceptors (Lipinski definition) is 4. The molecule has 0 aliphatic rings. The average molecular weight is 195 g/mol. The molecule has 4 nitrogen and oxygen atoms in total. The van der Waals surface area contributed by atoms with Crippen LogP contribution in [0.25, 0.3) is 0 Å². The lowest BCUT2D eigenvalue weighted by Crippen LogP contribution is -2.12. The third-order valence-corrected chi connectivity index (χ3v) is 1.40. The Balaban J connectivity index is 3.50. The van der Waals surface area contributed by atoms with Crippen molar-refractivity contribution in [3.8, 4) is 0 Å². The molecule has 0 rings (SSSR count). The zero-order valence-electron chi connectivity index (χ0n) is 7.00. The number of esters is 2. The van der Waals surface area contributed by atoms with Gasteiger partial charge in [-0.3, -0.25) is 9.59 Å². The summed E-state index contributed by atoms with van der Waals surface area (Å²) >= 11 is 5.53. The fraction of sp³-hybridized carbons (Fsp3) is 0.714. The molecule has 0 aromatic rings. The fourth-order valence-electron chi connectivity index (χ4n) is 0.572. The van der Waals surface area contributed by atoms with Crippen LogP contribution >= 0.6 is 11.6 Å². The molecule has 5 heteroatoms. The van der Waals surface area contributed by atoms with Crippen LogP contribution in [0.1, 0.15) is 19.8 Å². The normalized spacial score (nSPS) is 11.9. The third-order valence-electron chi connectivity index (χ3n) is 1.10. The van der Waals surface area contributed by atoms with Gasteiger partial charge in [0.05, 0.1) is 13.5 Å². The highest BCUT2D eigenvalue weighted by Crippen LogP contribution is 2.07. The summed E-state index contributed by atoms with van der Waals surface area (Å²) in [6.45, 7) is 1.26. The molecule has 0 aliphatic carbocycles. The van der Waals surface area contributed by atoms with E-state index in [1.165, 1.54) is 14.0 Å². The predicted molar refractivity (Wildman–Crippen MR) is 42.7 cm³/mol. The number of ether oxygens (including phenoxy) is 2. The molecule has 0 aliphatic heterocycles. The van der Waals surface area contributed by atoms with Gasteiger partial charge in [0.25, 0.3) is 0 Å². The number of halogens is 1. The summed E-state index contributed by atoms with van der Waals surface area (Å²) in [6.07, 6.45) is 0.422. The minimum atomic E-state index is -0.749. The van der Waals surface area contributed by atoms with Crippen LogP contribution in [0.15, 0.2) is 0 Å². The lowest BCUT2D eigenvalue weighted by Gasteiger charge is -2.07. The van der Waals surface area contributed by atoms with Gasteiger partial charge in [-0.25, -0.2) is 0 Å². The Bertz CT molecular complexity index is 169. The van der Waals surface area contributed by atoms with Gasteiger partial charge in [-0.15, -0.1) is 0 Å². The molecule has 0 fully saturated rings. The summed E-state index contributed by atoms with van der Waals surface area (Å²) in [5.41, 5.74) is -0.749. The molecule has 12 heavy (non-hydrogen) atoms. The van der Waals surface area contributed by atoms with Crippen LogP contribution in [0.3, 0.4) is 0 Å². The third kappa shape index (κ3) is 5.97. The molecule has 0 heterocycles. The Hall–Kier alpha value is -0.770. The Morgan fingerprint density at radius 1 is 1.50 bits per heavy atom. The molecule has 0 saturated carbocycles. The Labute approximate surface area is 75.8 Å². The van der Waals surface area contributed by atoms with Crippen LogP contribution in [-0.4, -0.2) is 24.6 Å². The highest BCUT2D eigenvalue weighted by Gasteiger charge is 2.10. The van der Waals surface area contributed by atoms with Gasteiger partial charge < -0.3 is 9.47 Å². The number of methoxy groups -OCH3 is 1. The van der Waals surface area contributed by atoms with Crippen molar-refractivity contribution in [2.24, 2.45) is 0 Å². The van der Waals surface area contributed by atoms with Gasteiger partial charge in [0.15, 0.2) is 5.56 Å². The SMILES string of the molecule is COC(=O)CCC(Cl)OC(C)=O. The second-order valence-electron chi connectivity index (χ2n) is 2.13. The largest absolute Gasteiger partial charge is 0.469 e. The highest BCUT2D eigenvalue weighted by atomic mass is 35.5. The predicted octanol–water partition coefficient (Wildman–Crippen LogP) is 1.07. The van der Waals surface area contributed by atoms with E-state index in [2.05, 4.69) is 9.47 Å². The summed E-state index contributed by atoms with van der Waals surface area (Å²) in [5.74, 6) is -0.826. The van der Waals surface area contributed by atoms with Gasteiger partial charge >= 0.3 is 11.9 Å². The standard InChI is InChI=1S/C7H11ClO4/c1-5(9)12-6(8)3-4-7(10)11-2/h6H,3-4H2,1-2H3. The monoisotopic (exact) mass is 194 g/mol. The minimum absolute atomic E-state index is 0.151. The molecule has 1 unspecified atom stereocenters. The first-order chi connectivity index (χ1) is 5.56. The second-order valence-corrected chi connectivity index (χ2v) is 2.62. The number of carbonyl (C=O) groups is 2. The van der Waals surface area contributed by atoms with Crippen molar-refractivity contribution in [1.29, 1.82) is 0 Å². The highest BCUT2D eigenvalue weighted by molar-refractivity contribution is 6.20. The second kappa shape index (κ2) is 5.83. The lowest BCUT2D eigenvalue weighted by atomic mass is 10.3. The van der Waals surface area contributed by atoms with E-state index in [0.717, 1.165) is 0 Å². The average Bonchev–Trinajstić information content (AvgIpc) is 1.99. The van der Waals surface area contributed by atoms with Crippen molar-refractivity contribution in [2.75, 3.05) is 7.11 Å². The molecule has 70 valence electrons. The molecular formula is C7H11ClO4. The van der Waals surface area contributed by atoms with Gasteiger partial charge in [-0.2, -0.15) is 0 Å². The van der Waals surface area contributed by atoms with Crippen LogP contribution in [0.5, 0.6) is 0 Å². The van der Waals surface area contributed by atoms with Gasteiger partial charge in [0.1, 0.15) is 0 Å². The smallest absolute Gasteiger partial charge is 0.305 e. The summed E-state index contributed by atoms with van der Waals surface area (Å²) in [5, 5.41) is 0. The maximum atomic E-state index is 10.6. The molecular weight excluding hydrogens is 184 g/mol. The summed E-state index contributed by atoms with van der Waals surface area (Å²) in [6, 6.07) is 0. The van der Waals surface area contributed by atoms with Crippen LogP contribution in [0.2, 0.25) is 0 Å². The minimum Gasteiger partial charge on any atom is -0.469 e. The number of hydrogen-bond donors (Lipinski definition) is 0. The first-order valence-electron chi connectivity index (χ1n) is 3.44. The Morgan fingerprint density at radius 3 is 2.50 bits per heavy atom.